The van der Waals surface area contributed by atoms with E-state index in [-0.39, 0.29) is 18.2 Å². The summed E-state index contributed by atoms with van der Waals surface area (Å²) in [6.07, 6.45) is 5.04. The van der Waals surface area contributed by atoms with Crippen LogP contribution in [-0.4, -0.2) is 32.2 Å². The number of amides is 1. The lowest BCUT2D eigenvalue weighted by molar-refractivity contribution is 0.0911. The van der Waals surface area contributed by atoms with Crippen LogP contribution in [0.1, 0.15) is 27.7 Å². The third-order valence-electron chi connectivity index (χ3n) is 4.90. The van der Waals surface area contributed by atoms with E-state index in [1.54, 1.807) is 23.3 Å². The summed E-state index contributed by atoms with van der Waals surface area (Å²) in [6, 6.07) is 20.5. The van der Waals surface area contributed by atoms with Gasteiger partial charge in [0.2, 0.25) is 0 Å². The Morgan fingerprint density at radius 2 is 1.77 bits per heavy atom. The van der Waals surface area contributed by atoms with Crippen molar-refractivity contribution in [2.45, 2.75) is 13.0 Å². The zero-order valence-corrected chi connectivity index (χ0v) is 17.1. The minimum atomic E-state index is -0.497. The number of benzene rings is 2. The molecule has 0 saturated carbocycles. The molecule has 1 atom stereocenters. The summed E-state index contributed by atoms with van der Waals surface area (Å²) in [7, 11) is 0. The Kier molecular flexibility index (Phi) is 6.05. The van der Waals surface area contributed by atoms with Crippen LogP contribution in [0.3, 0.4) is 0 Å². The molecule has 156 valence electrons. The molecule has 2 aromatic heterocycles. The fourth-order valence-electron chi connectivity index (χ4n) is 3.25. The molecule has 0 fully saturated rings. The molecule has 0 spiro atoms. The second-order valence-electron chi connectivity index (χ2n) is 7.13. The van der Waals surface area contributed by atoms with Crippen LogP contribution in [-0.2, 0) is 0 Å². The van der Waals surface area contributed by atoms with Crippen LogP contribution in [0, 0.1) is 6.92 Å². The minimum Gasteiger partial charge on any atom is -0.394 e. The summed E-state index contributed by atoms with van der Waals surface area (Å²) in [6.45, 7) is 1.75. The van der Waals surface area contributed by atoms with Gasteiger partial charge in [-0.2, -0.15) is 0 Å². The highest BCUT2D eigenvalue weighted by molar-refractivity contribution is 5.92. The molecule has 0 saturated heterocycles. The maximum absolute atomic E-state index is 12.7. The van der Waals surface area contributed by atoms with Crippen LogP contribution in [0.5, 0.6) is 0 Å². The van der Waals surface area contributed by atoms with Gasteiger partial charge in [-0.3, -0.25) is 4.79 Å². The number of imidazole rings is 1. The van der Waals surface area contributed by atoms with Crippen molar-refractivity contribution in [3.63, 3.8) is 0 Å². The zero-order chi connectivity index (χ0) is 21.6. The Morgan fingerprint density at radius 1 is 1.06 bits per heavy atom. The van der Waals surface area contributed by atoms with Crippen molar-refractivity contribution < 1.29 is 9.90 Å². The number of aryl methyl sites for hydroxylation is 1. The Hall–Kier alpha value is -3.97. The largest absolute Gasteiger partial charge is 0.394 e. The van der Waals surface area contributed by atoms with Crippen molar-refractivity contribution >= 4 is 17.4 Å². The molecule has 7 heteroatoms. The van der Waals surface area contributed by atoms with Crippen LogP contribution < -0.4 is 10.6 Å². The maximum Gasteiger partial charge on any atom is 0.272 e. The van der Waals surface area contributed by atoms with Gasteiger partial charge in [0, 0.05) is 24.1 Å². The highest BCUT2D eigenvalue weighted by Gasteiger charge is 2.17. The van der Waals surface area contributed by atoms with Gasteiger partial charge in [0.1, 0.15) is 17.8 Å². The smallest absolute Gasteiger partial charge is 0.272 e. The van der Waals surface area contributed by atoms with Gasteiger partial charge >= 0.3 is 0 Å². The van der Waals surface area contributed by atoms with Crippen molar-refractivity contribution in [1.82, 2.24) is 19.9 Å². The van der Waals surface area contributed by atoms with Gasteiger partial charge in [0.15, 0.2) is 0 Å². The van der Waals surface area contributed by atoms with Gasteiger partial charge in [-0.15, -0.1) is 0 Å². The highest BCUT2D eigenvalue weighted by Crippen LogP contribution is 2.21. The fraction of sp³-hybridized carbons (Fsp3) is 0.125. The molecule has 3 N–H and O–H groups in total. The summed E-state index contributed by atoms with van der Waals surface area (Å²) >= 11 is 0. The Morgan fingerprint density at radius 3 is 2.48 bits per heavy atom. The van der Waals surface area contributed by atoms with Crippen LogP contribution in [0.2, 0.25) is 0 Å². The summed E-state index contributed by atoms with van der Waals surface area (Å²) < 4.78 is 1.79. The predicted molar refractivity (Wildman–Crippen MR) is 120 cm³/mol. The quantitative estimate of drug-likeness (QED) is 0.429. The number of aliphatic hydroxyl groups excluding tert-OH is 1. The number of pyridine rings is 1. The molecule has 0 aliphatic rings. The first kappa shape index (κ1) is 20.3. The van der Waals surface area contributed by atoms with Gasteiger partial charge in [0.05, 0.1) is 18.3 Å². The van der Waals surface area contributed by atoms with Crippen LogP contribution in [0.4, 0.5) is 11.5 Å². The molecular formula is C24H23N5O2. The number of nitrogens with one attached hydrogen (secondary N) is 2. The summed E-state index contributed by atoms with van der Waals surface area (Å²) in [5.74, 6) is 0.340. The van der Waals surface area contributed by atoms with E-state index in [0.717, 1.165) is 22.5 Å². The molecular weight excluding hydrogens is 390 g/mol. The molecule has 2 heterocycles. The van der Waals surface area contributed by atoms with Crippen molar-refractivity contribution in [2.24, 2.45) is 0 Å². The molecule has 0 radical (unpaired) electrons. The van der Waals surface area contributed by atoms with E-state index in [2.05, 4.69) is 20.6 Å². The van der Waals surface area contributed by atoms with E-state index < -0.39 is 6.04 Å². The van der Waals surface area contributed by atoms with Crippen molar-refractivity contribution in [2.75, 3.05) is 11.9 Å². The fourth-order valence-corrected chi connectivity index (χ4v) is 3.25. The van der Waals surface area contributed by atoms with E-state index in [1.807, 2.05) is 73.7 Å². The number of hydrogen-bond acceptors (Lipinski definition) is 5. The summed E-state index contributed by atoms with van der Waals surface area (Å²) in [5, 5.41) is 15.8. The molecule has 1 unspecified atom stereocenters. The van der Waals surface area contributed by atoms with Crippen molar-refractivity contribution in [3.05, 3.63) is 102 Å². The lowest BCUT2D eigenvalue weighted by Crippen LogP contribution is -2.31. The number of aromatic nitrogens is 3. The van der Waals surface area contributed by atoms with Gasteiger partial charge < -0.3 is 20.3 Å². The first-order valence-electron chi connectivity index (χ1n) is 9.94. The second-order valence-corrected chi connectivity index (χ2v) is 7.13. The lowest BCUT2D eigenvalue weighted by Gasteiger charge is -2.15. The van der Waals surface area contributed by atoms with E-state index >= 15 is 0 Å². The third kappa shape index (κ3) is 4.79. The number of carbonyl (C=O) groups excluding carboxylic acids is 1. The van der Waals surface area contributed by atoms with Crippen LogP contribution >= 0.6 is 0 Å². The summed E-state index contributed by atoms with van der Waals surface area (Å²) in [5.41, 5.74) is 3.84. The molecule has 0 aliphatic carbocycles. The summed E-state index contributed by atoms with van der Waals surface area (Å²) in [4.78, 5) is 21.4. The minimum absolute atomic E-state index is 0.200. The molecule has 7 nitrogen and oxygen atoms in total. The molecule has 0 aliphatic heterocycles. The number of rotatable bonds is 7. The topological polar surface area (TPSA) is 92.1 Å². The zero-order valence-electron chi connectivity index (χ0n) is 17.1. The average Bonchev–Trinajstić information content (AvgIpc) is 3.30. The number of carbonyl (C=O) groups is 1. The Labute approximate surface area is 180 Å². The standard InChI is InChI=1S/C24H23N5O2/c1-17-13-25-23(27-19-10-6-3-7-11-19)12-22(17)29-14-20(26-16-29)24(31)28-21(15-30)18-8-4-2-5-9-18/h2-14,16,21,30H,15H2,1H3,(H,25,27)(H,28,31). The average molecular weight is 413 g/mol. The predicted octanol–water partition coefficient (Wildman–Crippen LogP) is 3.78. The molecule has 4 aromatic rings. The van der Waals surface area contributed by atoms with Gasteiger partial charge in [-0.25, -0.2) is 9.97 Å². The Bertz CT molecular complexity index is 1160. The third-order valence-corrected chi connectivity index (χ3v) is 4.90. The van der Waals surface area contributed by atoms with Crippen LogP contribution in [0.25, 0.3) is 5.69 Å². The molecule has 1 amide bonds. The van der Waals surface area contributed by atoms with Crippen molar-refractivity contribution in [1.29, 1.82) is 0 Å². The Balaban J connectivity index is 1.53. The molecule has 2 aromatic carbocycles. The van der Waals surface area contributed by atoms with Crippen LogP contribution in [0.15, 0.2) is 85.5 Å². The van der Waals surface area contributed by atoms with E-state index in [9.17, 15) is 9.90 Å². The van der Waals surface area contributed by atoms with E-state index in [0.29, 0.717) is 5.82 Å². The number of aliphatic hydroxyl groups is 1. The number of nitrogens with zero attached hydrogens (tertiary/aromatic N) is 3. The van der Waals surface area contributed by atoms with E-state index in [4.69, 9.17) is 0 Å². The lowest BCUT2D eigenvalue weighted by atomic mass is 10.1. The highest BCUT2D eigenvalue weighted by atomic mass is 16.3. The number of anilines is 2. The first-order chi connectivity index (χ1) is 15.1. The van der Waals surface area contributed by atoms with Gasteiger partial charge in [0.25, 0.3) is 5.91 Å². The normalized spacial score (nSPS) is 11.7. The molecule has 4 rings (SSSR count). The number of hydrogen-bond donors (Lipinski definition) is 3. The molecule has 0 bridgehead atoms. The van der Waals surface area contributed by atoms with Gasteiger partial charge in [-0.1, -0.05) is 48.5 Å². The first-order valence-corrected chi connectivity index (χ1v) is 9.94. The van der Waals surface area contributed by atoms with Crippen molar-refractivity contribution in [3.8, 4) is 5.69 Å². The number of para-hydroxylation sites is 1. The second kappa shape index (κ2) is 9.23. The SMILES string of the molecule is Cc1cnc(Nc2ccccc2)cc1-n1cnc(C(=O)NC(CO)c2ccccc2)c1. The van der Waals surface area contributed by atoms with Gasteiger partial charge in [-0.05, 0) is 30.2 Å². The van der Waals surface area contributed by atoms with E-state index in [1.165, 1.54) is 0 Å². The molecule has 31 heavy (non-hydrogen) atoms. The monoisotopic (exact) mass is 413 g/mol. The maximum atomic E-state index is 12.7.